The Labute approximate surface area is 79.9 Å². The van der Waals surface area contributed by atoms with E-state index < -0.39 is 5.97 Å². The van der Waals surface area contributed by atoms with Gasteiger partial charge in [0.25, 0.3) is 0 Å². The van der Waals surface area contributed by atoms with Crippen molar-refractivity contribution in [1.82, 2.24) is 0 Å². The zero-order valence-corrected chi connectivity index (χ0v) is 7.57. The lowest BCUT2D eigenvalue weighted by Crippen LogP contribution is -1.95. The molecule has 0 saturated heterocycles. The van der Waals surface area contributed by atoms with E-state index in [4.69, 9.17) is 15.3 Å². The van der Waals surface area contributed by atoms with Gasteiger partial charge in [0, 0.05) is 16.6 Å². The molecule has 0 fully saturated rings. The number of nitrogen functional groups attached to an aromatic ring is 1. The first kappa shape index (κ1) is 8.62. The minimum atomic E-state index is -1.07. The van der Waals surface area contributed by atoms with Crippen molar-refractivity contribution >= 4 is 22.6 Å². The number of hydrogen-bond donors (Lipinski definition) is 2. The molecule has 0 saturated carbocycles. The van der Waals surface area contributed by atoms with E-state index in [9.17, 15) is 4.79 Å². The summed E-state index contributed by atoms with van der Waals surface area (Å²) in [5, 5.41) is 9.51. The van der Waals surface area contributed by atoms with Gasteiger partial charge >= 0.3 is 5.97 Å². The second kappa shape index (κ2) is 2.77. The van der Waals surface area contributed by atoms with Crippen LogP contribution in [0.5, 0.6) is 0 Å². The summed E-state index contributed by atoms with van der Waals surface area (Å²) in [5.74, 6) is -1.11. The van der Waals surface area contributed by atoms with E-state index in [0.29, 0.717) is 22.2 Å². The molecule has 0 aliphatic carbocycles. The highest BCUT2D eigenvalue weighted by atomic mass is 16.4. The lowest BCUT2D eigenvalue weighted by molar-refractivity contribution is 0.0664. The molecule has 0 radical (unpaired) electrons. The number of furan rings is 1. The summed E-state index contributed by atoms with van der Waals surface area (Å²) in [5.41, 5.74) is 7.34. The molecule has 0 atom stereocenters. The van der Waals surface area contributed by atoms with Gasteiger partial charge in [0.1, 0.15) is 5.58 Å². The van der Waals surface area contributed by atoms with E-state index in [0.717, 1.165) is 0 Å². The van der Waals surface area contributed by atoms with E-state index in [2.05, 4.69) is 0 Å². The molecule has 4 nitrogen and oxygen atoms in total. The minimum Gasteiger partial charge on any atom is -0.475 e. The van der Waals surface area contributed by atoms with Crippen LogP contribution in [-0.2, 0) is 0 Å². The van der Waals surface area contributed by atoms with Crippen molar-refractivity contribution < 1.29 is 14.3 Å². The summed E-state index contributed by atoms with van der Waals surface area (Å²) in [4.78, 5) is 10.8. The molecule has 0 bridgehead atoms. The van der Waals surface area contributed by atoms with Gasteiger partial charge in [0.15, 0.2) is 0 Å². The smallest absolute Gasteiger partial charge is 0.372 e. The average molecular weight is 191 g/mol. The number of rotatable bonds is 1. The van der Waals surface area contributed by atoms with Crippen LogP contribution in [0.1, 0.15) is 16.1 Å². The van der Waals surface area contributed by atoms with Crippen molar-refractivity contribution in [3.63, 3.8) is 0 Å². The lowest BCUT2D eigenvalue weighted by Gasteiger charge is -1.94. The molecule has 72 valence electrons. The molecule has 3 N–H and O–H groups in total. The Morgan fingerprint density at radius 3 is 2.79 bits per heavy atom. The maximum absolute atomic E-state index is 10.8. The van der Waals surface area contributed by atoms with Gasteiger partial charge in [0.2, 0.25) is 5.76 Å². The van der Waals surface area contributed by atoms with Crippen LogP contribution in [0, 0.1) is 6.92 Å². The number of carbonyl (C=O) groups is 1. The van der Waals surface area contributed by atoms with Crippen molar-refractivity contribution in [2.75, 3.05) is 5.73 Å². The van der Waals surface area contributed by atoms with E-state index in [1.807, 2.05) is 0 Å². The van der Waals surface area contributed by atoms with Crippen molar-refractivity contribution in [1.29, 1.82) is 0 Å². The molecule has 14 heavy (non-hydrogen) atoms. The monoisotopic (exact) mass is 191 g/mol. The van der Waals surface area contributed by atoms with Gasteiger partial charge in [-0.2, -0.15) is 0 Å². The molecule has 0 amide bonds. The van der Waals surface area contributed by atoms with Gasteiger partial charge in [0.05, 0.1) is 0 Å². The Hall–Kier alpha value is -1.97. The normalized spacial score (nSPS) is 10.6. The first-order valence-electron chi connectivity index (χ1n) is 4.12. The largest absolute Gasteiger partial charge is 0.475 e. The van der Waals surface area contributed by atoms with Gasteiger partial charge < -0.3 is 15.3 Å². The van der Waals surface area contributed by atoms with Crippen LogP contribution in [0.3, 0.4) is 0 Å². The predicted molar refractivity (Wildman–Crippen MR) is 52.3 cm³/mol. The zero-order valence-electron chi connectivity index (χ0n) is 7.57. The van der Waals surface area contributed by atoms with E-state index in [1.54, 1.807) is 25.1 Å². The van der Waals surface area contributed by atoms with Gasteiger partial charge in [-0.15, -0.1) is 0 Å². The fourth-order valence-electron chi connectivity index (χ4n) is 1.54. The fraction of sp³-hybridized carbons (Fsp3) is 0.100. The summed E-state index contributed by atoms with van der Waals surface area (Å²) in [7, 11) is 0. The summed E-state index contributed by atoms with van der Waals surface area (Å²) in [6.07, 6.45) is 0. The molecule has 0 spiro atoms. The third kappa shape index (κ3) is 1.04. The third-order valence-corrected chi connectivity index (χ3v) is 2.18. The molecular formula is C10H9NO3. The number of benzene rings is 1. The van der Waals surface area contributed by atoms with Gasteiger partial charge in [-0.05, 0) is 19.1 Å². The topological polar surface area (TPSA) is 76.5 Å². The third-order valence-electron chi connectivity index (χ3n) is 2.18. The second-order valence-electron chi connectivity index (χ2n) is 3.08. The van der Waals surface area contributed by atoms with Gasteiger partial charge in [-0.25, -0.2) is 4.79 Å². The molecule has 2 aromatic rings. The quantitative estimate of drug-likeness (QED) is 0.676. The van der Waals surface area contributed by atoms with Crippen LogP contribution >= 0.6 is 0 Å². The molecule has 1 heterocycles. The predicted octanol–water partition coefficient (Wildman–Crippen LogP) is 2.02. The average Bonchev–Trinajstić information content (AvgIpc) is 2.45. The Kier molecular flexibility index (Phi) is 1.70. The number of anilines is 1. The number of fused-ring (bicyclic) bond motifs is 1. The van der Waals surface area contributed by atoms with Crippen molar-refractivity contribution in [2.24, 2.45) is 0 Å². The molecular weight excluding hydrogens is 182 g/mol. The Morgan fingerprint density at radius 2 is 2.21 bits per heavy atom. The van der Waals surface area contributed by atoms with Crippen LogP contribution in [0.15, 0.2) is 22.6 Å². The number of aryl methyl sites for hydroxylation is 1. The second-order valence-corrected chi connectivity index (χ2v) is 3.08. The van der Waals surface area contributed by atoms with Crippen molar-refractivity contribution in [2.45, 2.75) is 6.92 Å². The molecule has 0 aliphatic rings. The maximum atomic E-state index is 10.8. The summed E-state index contributed by atoms with van der Waals surface area (Å²) in [6, 6.07) is 5.15. The lowest BCUT2D eigenvalue weighted by atomic mass is 10.1. The standard InChI is InChI=1S/C10H9NO3/c1-5-8-6(11)3-2-4-7(8)14-9(5)10(12)13/h2-4H,11H2,1H3,(H,12,13). The fourth-order valence-corrected chi connectivity index (χ4v) is 1.54. The highest BCUT2D eigenvalue weighted by Gasteiger charge is 2.17. The van der Waals surface area contributed by atoms with E-state index in [1.165, 1.54) is 0 Å². The molecule has 2 rings (SSSR count). The molecule has 0 aliphatic heterocycles. The zero-order chi connectivity index (χ0) is 10.3. The summed E-state index contributed by atoms with van der Waals surface area (Å²) < 4.78 is 5.16. The van der Waals surface area contributed by atoms with Crippen LogP contribution in [0.2, 0.25) is 0 Å². The Balaban J connectivity index is 2.87. The number of nitrogens with two attached hydrogens (primary N) is 1. The van der Waals surface area contributed by atoms with E-state index >= 15 is 0 Å². The van der Waals surface area contributed by atoms with Crippen molar-refractivity contribution in [3.05, 3.63) is 29.5 Å². The van der Waals surface area contributed by atoms with Gasteiger partial charge in [-0.1, -0.05) is 6.07 Å². The number of carboxylic acids is 1. The highest BCUT2D eigenvalue weighted by molar-refractivity contribution is 5.99. The van der Waals surface area contributed by atoms with Crippen molar-refractivity contribution in [3.8, 4) is 0 Å². The first-order valence-corrected chi connectivity index (χ1v) is 4.12. The SMILES string of the molecule is Cc1c(C(=O)O)oc2cccc(N)c12. The number of aromatic carboxylic acids is 1. The highest BCUT2D eigenvalue weighted by Crippen LogP contribution is 2.29. The Morgan fingerprint density at radius 1 is 1.50 bits per heavy atom. The minimum absolute atomic E-state index is 0.0436. The number of hydrogen-bond acceptors (Lipinski definition) is 3. The number of carboxylic acid groups (broad SMARTS) is 1. The van der Waals surface area contributed by atoms with Crippen LogP contribution in [-0.4, -0.2) is 11.1 Å². The van der Waals surface area contributed by atoms with Gasteiger partial charge in [-0.3, -0.25) is 0 Å². The van der Waals surface area contributed by atoms with Crippen LogP contribution < -0.4 is 5.73 Å². The maximum Gasteiger partial charge on any atom is 0.372 e. The summed E-state index contributed by atoms with van der Waals surface area (Å²) >= 11 is 0. The van der Waals surface area contributed by atoms with Crippen LogP contribution in [0.4, 0.5) is 5.69 Å². The van der Waals surface area contributed by atoms with Crippen LogP contribution in [0.25, 0.3) is 11.0 Å². The first-order chi connectivity index (χ1) is 6.61. The summed E-state index contributed by atoms with van der Waals surface area (Å²) in [6.45, 7) is 1.69. The molecule has 1 aromatic carbocycles. The molecule has 0 unspecified atom stereocenters. The van der Waals surface area contributed by atoms with E-state index in [-0.39, 0.29) is 5.76 Å². The Bertz CT molecular complexity index is 513. The molecule has 1 aromatic heterocycles. The molecule has 4 heteroatoms.